The lowest BCUT2D eigenvalue weighted by Gasteiger charge is -2.31. The van der Waals surface area contributed by atoms with E-state index >= 15 is 0 Å². The summed E-state index contributed by atoms with van der Waals surface area (Å²) < 4.78 is 5.88. The molecule has 0 aliphatic carbocycles. The molecule has 1 unspecified atom stereocenters. The fourth-order valence-corrected chi connectivity index (χ4v) is 2.08. The van der Waals surface area contributed by atoms with Crippen LogP contribution in [0, 0.1) is 0 Å². The molecular formula is C15H19N3O. The van der Waals surface area contributed by atoms with Gasteiger partial charge in [-0.2, -0.15) is 0 Å². The molecule has 1 aromatic rings. The lowest BCUT2D eigenvalue weighted by Crippen LogP contribution is -2.42. The molecule has 2 rings (SSSR count). The molecule has 0 bridgehead atoms. The van der Waals surface area contributed by atoms with Crippen molar-refractivity contribution in [1.29, 1.82) is 0 Å². The molecule has 0 radical (unpaired) electrons. The minimum atomic E-state index is -0.116. The van der Waals surface area contributed by atoms with Crippen molar-refractivity contribution in [1.82, 2.24) is 4.90 Å². The zero-order valence-electron chi connectivity index (χ0n) is 11.2. The van der Waals surface area contributed by atoms with E-state index in [0.29, 0.717) is 18.8 Å². The van der Waals surface area contributed by atoms with Crippen molar-refractivity contribution in [3.63, 3.8) is 0 Å². The smallest absolute Gasteiger partial charge is 0.153 e. The van der Waals surface area contributed by atoms with Gasteiger partial charge < -0.3 is 15.4 Å². The van der Waals surface area contributed by atoms with Crippen molar-refractivity contribution in [3.8, 4) is 5.75 Å². The standard InChI is InChI=1S/C15H19N3O/c1-4-8-18(9-5-2)15-11(3)19-14-10-12(16)6-7-13(14)17-15/h4-7,10-11H,1-2,8-9,16H2,3H3. The van der Waals surface area contributed by atoms with Crippen molar-refractivity contribution in [2.75, 3.05) is 18.8 Å². The van der Waals surface area contributed by atoms with Gasteiger partial charge in [0.25, 0.3) is 0 Å². The number of nitrogen functional groups attached to an aromatic ring is 1. The van der Waals surface area contributed by atoms with Crippen LogP contribution in [-0.2, 0) is 0 Å². The average molecular weight is 257 g/mol. The Morgan fingerprint density at radius 3 is 2.68 bits per heavy atom. The first-order valence-electron chi connectivity index (χ1n) is 6.27. The van der Waals surface area contributed by atoms with E-state index in [1.165, 1.54) is 0 Å². The lowest BCUT2D eigenvalue weighted by atomic mass is 10.2. The molecule has 0 spiro atoms. The molecule has 1 heterocycles. The SMILES string of the molecule is C=CCN(CC=C)C1=Nc2ccc(N)cc2OC1C. The quantitative estimate of drug-likeness (QED) is 0.666. The van der Waals surface area contributed by atoms with E-state index in [1.54, 1.807) is 6.07 Å². The number of rotatable bonds is 4. The summed E-state index contributed by atoms with van der Waals surface area (Å²) in [4.78, 5) is 6.76. The molecule has 0 saturated carbocycles. The summed E-state index contributed by atoms with van der Waals surface area (Å²) in [5.74, 6) is 1.62. The second-order valence-corrected chi connectivity index (χ2v) is 4.44. The maximum absolute atomic E-state index is 5.88. The summed E-state index contributed by atoms with van der Waals surface area (Å²) in [6.45, 7) is 10.9. The van der Waals surface area contributed by atoms with Gasteiger partial charge in [-0.25, -0.2) is 4.99 Å². The second kappa shape index (κ2) is 5.61. The highest BCUT2D eigenvalue weighted by atomic mass is 16.5. The Kier molecular flexibility index (Phi) is 3.90. The van der Waals surface area contributed by atoms with Gasteiger partial charge in [0, 0.05) is 24.8 Å². The summed E-state index contributed by atoms with van der Waals surface area (Å²) in [5, 5.41) is 0. The Morgan fingerprint density at radius 2 is 2.05 bits per heavy atom. The molecule has 2 N–H and O–H groups in total. The molecule has 100 valence electrons. The maximum atomic E-state index is 5.88. The van der Waals surface area contributed by atoms with Crippen LogP contribution in [0.4, 0.5) is 11.4 Å². The first-order chi connectivity index (χ1) is 9.15. The first kappa shape index (κ1) is 13.2. The van der Waals surface area contributed by atoms with Gasteiger partial charge in [-0.3, -0.25) is 0 Å². The monoisotopic (exact) mass is 257 g/mol. The van der Waals surface area contributed by atoms with Crippen molar-refractivity contribution >= 4 is 17.2 Å². The van der Waals surface area contributed by atoms with Gasteiger partial charge in [0.2, 0.25) is 0 Å². The number of hydrogen-bond acceptors (Lipinski definition) is 4. The molecule has 0 fully saturated rings. The molecule has 0 saturated heterocycles. The molecule has 1 aliphatic heterocycles. The van der Waals surface area contributed by atoms with E-state index in [2.05, 4.69) is 23.1 Å². The number of anilines is 1. The number of amidine groups is 1. The Balaban J connectivity index is 2.36. The van der Waals surface area contributed by atoms with E-state index in [1.807, 2.05) is 31.2 Å². The molecule has 4 nitrogen and oxygen atoms in total. The van der Waals surface area contributed by atoms with Crippen LogP contribution in [0.5, 0.6) is 5.75 Å². The van der Waals surface area contributed by atoms with Gasteiger partial charge in [0.1, 0.15) is 17.3 Å². The number of nitrogens with two attached hydrogens (primary N) is 1. The molecule has 0 aromatic heterocycles. The molecule has 0 amide bonds. The molecule has 4 heteroatoms. The van der Waals surface area contributed by atoms with E-state index in [9.17, 15) is 0 Å². The van der Waals surface area contributed by atoms with Gasteiger partial charge >= 0.3 is 0 Å². The van der Waals surface area contributed by atoms with Crippen LogP contribution >= 0.6 is 0 Å². The lowest BCUT2D eigenvalue weighted by molar-refractivity contribution is 0.261. The van der Waals surface area contributed by atoms with Gasteiger partial charge in [-0.05, 0) is 19.1 Å². The average Bonchev–Trinajstić information content (AvgIpc) is 2.37. The predicted molar refractivity (Wildman–Crippen MR) is 80.0 cm³/mol. The largest absolute Gasteiger partial charge is 0.480 e. The Bertz CT molecular complexity index is 512. The third-order valence-corrected chi connectivity index (χ3v) is 2.91. The normalized spacial score (nSPS) is 16.9. The molecule has 19 heavy (non-hydrogen) atoms. The highest BCUT2D eigenvalue weighted by molar-refractivity contribution is 5.91. The van der Waals surface area contributed by atoms with Gasteiger partial charge in [-0.15, -0.1) is 13.2 Å². The molecular weight excluding hydrogens is 238 g/mol. The van der Waals surface area contributed by atoms with Gasteiger partial charge in [0.05, 0.1) is 0 Å². The van der Waals surface area contributed by atoms with Crippen LogP contribution in [-0.4, -0.2) is 29.9 Å². The van der Waals surface area contributed by atoms with Crippen LogP contribution in [0.15, 0.2) is 48.5 Å². The van der Waals surface area contributed by atoms with Crippen molar-refractivity contribution in [2.45, 2.75) is 13.0 Å². The van der Waals surface area contributed by atoms with Crippen LogP contribution < -0.4 is 10.5 Å². The van der Waals surface area contributed by atoms with Crippen LogP contribution in [0.1, 0.15) is 6.92 Å². The number of ether oxygens (including phenoxy) is 1. The summed E-state index contributed by atoms with van der Waals surface area (Å²) in [6.07, 6.45) is 3.57. The highest BCUT2D eigenvalue weighted by Crippen LogP contribution is 2.34. The fourth-order valence-electron chi connectivity index (χ4n) is 2.08. The highest BCUT2D eigenvalue weighted by Gasteiger charge is 2.24. The van der Waals surface area contributed by atoms with Crippen molar-refractivity contribution in [3.05, 3.63) is 43.5 Å². The number of nitrogens with zero attached hydrogens (tertiary/aromatic N) is 2. The van der Waals surface area contributed by atoms with Gasteiger partial charge in [-0.1, -0.05) is 12.2 Å². The molecule has 1 atom stereocenters. The summed E-state index contributed by atoms with van der Waals surface area (Å²) in [5.41, 5.74) is 7.24. The van der Waals surface area contributed by atoms with Crippen molar-refractivity contribution in [2.24, 2.45) is 4.99 Å². The van der Waals surface area contributed by atoms with E-state index < -0.39 is 0 Å². The van der Waals surface area contributed by atoms with Crippen LogP contribution in [0.2, 0.25) is 0 Å². The number of benzene rings is 1. The van der Waals surface area contributed by atoms with Gasteiger partial charge in [0.15, 0.2) is 6.10 Å². The molecule has 1 aliphatic rings. The first-order valence-corrected chi connectivity index (χ1v) is 6.27. The summed E-state index contributed by atoms with van der Waals surface area (Å²) in [6, 6.07) is 5.50. The number of fused-ring (bicyclic) bond motifs is 1. The summed E-state index contributed by atoms with van der Waals surface area (Å²) in [7, 11) is 0. The minimum absolute atomic E-state index is 0.116. The van der Waals surface area contributed by atoms with Crippen LogP contribution in [0.3, 0.4) is 0 Å². The van der Waals surface area contributed by atoms with E-state index in [4.69, 9.17) is 10.5 Å². The van der Waals surface area contributed by atoms with E-state index in [0.717, 1.165) is 17.3 Å². The van der Waals surface area contributed by atoms with E-state index in [-0.39, 0.29) is 6.10 Å². The second-order valence-electron chi connectivity index (χ2n) is 4.44. The fraction of sp³-hybridized carbons (Fsp3) is 0.267. The third kappa shape index (κ3) is 2.78. The summed E-state index contributed by atoms with van der Waals surface area (Å²) >= 11 is 0. The topological polar surface area (TPSA) is 50.8 Å². The Morgan fingerprint density at radius 1 is 1.37 bits per heavy atom. The maximum Gasteiger partial charge on any atom is 0.153 e. The Labute approximate surface area is 113 Å². The molecule has 1 aromatic carbocycles. The zero-order chi connectivity index (χ0) is 13.8. The number of aliphatic imine (C=N–C) groups is 1. The third-order valence-electron chi connectivity index (χ3n) is 2.91. The zero-order valence-corrected chi connectivity index (χ0v) is 11.2. The van der Waals surface area contributed by atoms with Crippen molar-refractivity contribution < 1.29 is 4.74 Å². The van der Waals surface area contributed by atoms with Crippen LogP contribution in [0.25, 0.3) is 0 Å². The number of hydrogen-bond donors (Lipinski definition) is 1. The Hall–Kier alpha value is -2.23. The predicted octanol–water partition coefficient (Wildman–Crippen LogP) is 2.75. The minimum Gasteiger partial charge on any atom is -0.480 e.